The predicted octanol–water partition coefficient (Wildman–Crippen LogP) is 5.64. The Balaban J connectivity index is 2.60. The van der Waals surface area contributed by atoms with Crippen LogP contribution in [0.4, 0.5) is 0 Å². The van der Waals surface area contributed by atoms with Crippen LogP contribution in [0.3, 0.4) is 0 Å². The molecule has 0 saturated heterocycles. The van der Waals surface area contributed by atoms with Gasteiger partial charge in [0.15, 0.2) is 0 Å². The maximum atomic E-state index is 3.89. The minimum atomic E-state index is 0.506. The van der Waals surface area contributed by atoms with Crippen LogP contribution in [0.5, 0.6) is 0 Å². The molecular formula is C19H39N. The molecule has 0 bridgehead atoms. The Morgan fingerprint density at radius 1 is 0.950 bits per heavy atom. The van der Waals surface area contributed by atoms with E-state index in [0.29, 0.717) is 5.41 Å². The Kier molecular flexibility index (Phi) is 7.58. The molecule has 0 radical (unpaired) electrons. The van der Waals surface area contributed by atoms with Gasteiger partial charge in [-0.2, -0.15) is 0 Å². The lowest BCUT2D eigenvalue weighted by Gasteiger charge is -2.42. The molecule has 0 aromatic heterocycles. The van der Waals surface area contributed by atoms with Gasteiger partial charge in [0.25, 0.3) is 0 Å². The molecule has 0 aromatic rings. The van der Waals surface area contributed by atoms with Crippen molar-refractivity contribution >= 4 is 0 Å². The number of rotatable bonds is 7. The SMILES string of the molecule is CCCNC(C(CC)CC)C1CCC(C(C)(C)C)CC1. The molecule has 1 unspecified atom stereocenters. The highest BCUT2D eigenvalue weighted by Crippen LogP contribution is 2.42. The third-order valence-electron chi connectivity index (χ3n) is 5.69. The lowest BCUT2D eigenvalue weighted by atomic mass is 9.67. The first-order chi connectivity index (χ1) is 9.43. The van der Waals surface area contributed by atoms with Crippen LogP contribution in [0, 0.1) is 23.2 Å². The molecule has 0 aromatic carbocycles. The van der Waals surface area contributed by atoms with Crippen LogP contribution < -0.4 is 5.32 Å². The van der Waals surface area contributed by atoms with Crippen LogP contribution >= 0.6 is 0 Å². The molecule has 1 saturated carbocycles. The smallest absolute Gasteiger partial charge is 0.0123 e. The largest absolute Gasteiger partial charge is 0.313 e. The van der Waals surface area contributed by atoms with Crippen molar-refractivity contribution in [1.29, 1.82) is 0 Å². The molecule has 1 aliphatic rings. The van der Waals surface area contributed by atoms with Crippen molar-refractivity contribution < 1.29 is 0 Å². The fourth-order valence-electron chi connectivity index (χ4n) is 4.17. The second-order valence-corrected chi connectivity index (χ2v) is 8.03. The highest BCUT2D eigenvalue weighted by Gasteiger charge is 2.34. The second kappa shape index (κ2) is 8.41. The molecule has 1 aliphatic carbocycles. The average Bonchev–Trinajstić information content (AvgIpc) is 2.43. The van der Waals surface area contributed by atoms with Gasteiger partial charge >= 0.3 is 0 Å². The van der Waals surface area contributed by atoms with E-state index in [9.17, 15) is 0 Å². The van der Waals surface area contributed by atoms with Crippen LogP contribution in [0.2, 0.25) is 0 Å². The van der Waals surface area contributed by atoms with E-state index in [2.05, 4.69) is 46.9 Å². The van der Waals surface area contributed by atoms with Crippen LogP contribution in [-0.2, 0) is 0 Å². The lowest BCUT2D eigenvalue weighted by molar-refractivity contribution is 0.114. The summed E-state index contributed by atoms with van der Waals surface area (Å²) in [5.41, 5.74) is 0.506. The first kappa shape index (κ1) is 18.0. The first-order valence-corrected chi connectivity index (χ1v) is 9.17. The molecule has 1 heteroatoms. The summed E-state index contributed by atoms with van der Waals surface area (Å²) in [6.45, 7) is 15.5. The maximum absolute atomic E-state index is 3.89. The van der Waals surface area contributed by atoms with E-state index in [1.165, 1.54) is 51.5 Å². The van der Waals surface area contributed by atoms with Gasteiger partial charge in [-0.25, -0.2) is 0 Å². The maximum Gasteiger partial charge on any atom is 0.0123 e. The molecule has 1 atom stereocenters. The molecule has 0 aliphatic heterocycles. The zero-order chi connectivity index (χ0) is 15.2. The zero-order valence-electron chi connectivity index (χ0n) is 15.0. The third kappa shape index (κ3) is 5.06. The Labute approximate surface area is 128 Å². The normalized spacial score (nSPS) is 25.9. The summed E-state index contributed by atoms with van der Waals surface area (Å²) in [5.74, 6) is 2.73. The molecule has 1 nitrogen and oxygen atoms in total. The van der Waals surface area contributed by atoms with E-state index < -0.39 is 0 Å². The Bertz CT molecular complexity index is 241. The average molecular weight is 282 g/mol. The van der Waals surface area contributed by atoms with E-state index in [1.807, 2.05) is 0 Å². The molecule has 1 N–H and O–H groups in total. The van der Waals surface area contributed by atoms with Crippen LogP contribution in [-0.4, -0.2) is 12.6 Å². The Hall–Kier alpha value is -0.0400. The van der Waals surface area contributed by atoms with Gasteiger partial charge in [-0.15, -0.1) is 0 Å². The summed E-state index contributed by atoms with van der Waals surface area (Å²) in [7, 11) is 0. The summed E-state index contributed by atoms with van der Waals surface area (Å²) in [6, 6.07) is 0.769. The lowest BCUT2D eigenvalue weighted by Crippen LogP contribution is -2.44. The molecule has 0 heterocycles. The number of hydrogen-bond acceptors (Lipinski definition) is 1. The van der Waals surface area contributed by atoms with Crippen molar-refractivity contribution in [2.75, 3.05) is 6.54 Å². The highest BCUT2D eigenvalue weighted by atomic mass is 14.9. The van der Waals surface area contributed by atoms with Gasteiger partial charge in [-0.05, 0) is 61.8 Å². The van der Waals surface area contributed by atoms with Crippen molar-refractivity contribution in [3.63, 3.8) is 0 Å². The molecule has 1 fully saturated rings. The minimum Gasteiger partial charge on any atom is -0.313 e. The van der Waals surface area contributed by atoms with E-state index in [0.717, 1.165) is 23.8 Å². The van der Waals surface area contributed by atoms with E-state index in [-0.39, 0.29) is 0 Å². The summed E-state index contributed by atoms with van der Waals surface area (Å²) >= 11 is 0. The summed E-state index contributed by atoms with van der Waals surface area (Å²) in [4.78, 5) is 0. The van der Waals surface area contributed by atoms with Gasteiger partial charge in [0.2, 0.25) is 0 Å². The molecule has 0 amide bonds. The van der Waals surface area contributed by atoms with Gasteiger partial charge in [0.05, 0.1) is 0 Å². The van der Waals surface area contributed by atoms with Crippen molar-refractivity contribution in [3.05, 3.63) is 0 Å². The van der Waals surface area contributed by atoms with E-state index >= 15 is 0 Å². The predicted molar refractivity (Wildman–Crippen MR) is 91.1 cm³/mol. The standard InChI is InChI=1S/C19H39N/c1-7-14-20-18(15(8-2)9-3)16-10-12-17(13-11-16)19(4,5)6/h15-18,20H,7-14H2,1-6H3. The zero-order valence-corrected chi connectivity index (χ0v) is 15.0. The topological polar surface area (TPSA) is 12.0 Å². The fraction of sp³-hybridized carbons (Fsp3) is 1.00. The molecule has 0 spiro atoms. The van der Waals surface area contributed by atoms with Gasteiger partial charge in [-0.3, -0.25) is 0 Å². The number of nitrogens with one attached hydrogen (secondary N) is 1. The molecule has 1 rings (SSSR count). The highest BCUT2D eigenvalue weighted by molar-refractivity contribution is 4.88. The fourth-order valence-corrected chi connectivity index (χ4v) is 4.17. The second-order valence-electron chi connectivity index (χ2n) is 8.03. The molecular weight excluding hydrogens is 242 g/mol. The monoisotopic (exact) mass is 281 g/mol. The van der Waals surface area contributed by atoms with Crippen molar-refractivity contribution in [2.45, 2.75) is 92.5 Å². The van der Waals surface area contributed by atoms with E-state index in [1.54, 1.807) is 0 Å². The van der Waals surface area contributed by atoms with Gasteiger partial charge < -0.3 is 5.32 Å². The van der Waals surface area contributed by atoms with Crippen LogP contribution in [0.1, 0.15) is 86.5 Å². The minimum absolute atomic E-state index is 0.506. The van der Waals surface area contributed by atoms with Gasteiger partial charge in [-0.1, -0.05) is 54.4 Å². The van der Waals surface area contributed by atoms with Crippen molar-refractivity contribution in [3.8, 4) is 0 Å². The third-order valence-corrected chi connectivity index (χ3v) is 5.69. The van der Waals surface area contributed by atoms with Gasteiger partial charge in [0, 0.05) is 6.04 Å². The quantitative estimate of drug-likeness (QED) is 0.636. The van der Waals surface area contributed by atoms with Crippen LogP contribution in [0.15, 0.2) is 0 Å². The molecule has 120 valence electrons. The Morgan fingerprint density at radius 2 is 1.50 bits per heavy atom. The molecule has 20 heavy (non-hydrogen) atoms. The first-order valence-electron chi connectivity index (χ1n) is 9.17. The van der Waals surface area contributed by atoms with Gasteiger partial charge in [0.1, 0.15) is 0 Å². The van der Waals surface area contributed by atoms with Crippen LogP contribution in [0.25, 0.3) is 0 Å². The summed E-state index contributed by atoms with van der Waals surface area (Å²) < 4.78 is 0. The number of hydrogen-bond donors (Lipinski definition) is 1. The van der Waals surface area contributed by atoms with Crippen molar-refractivity contribution in [2.24, 2.45) is 23.2 Å². The summed E-state index contributed by atoms with van der Waals surface area (Å²) in [6.07, 6.45) is 9.69. The summed E-state index contributed by atoms with van der Waals surface area (Å²) in [5, 5.41) is 3.89. The van der Waals surface area contributed by atoms with Crippen molar-refractivity contribution in [1.82, 2.24) is 5.32 Å². The van der Waals surface area contributed by atoms with E-state index in [4.69, 9.17) is 0 Å². The Morgan fingerprint density at radius 3 is 1.90 bits per heavy atom.